The van der Waals surface area contributed by atoms with E-state index in [0.29, 0.717) is 31.0 Å². The quantitative estimate of drug-likeness (QED) is 0.501. The lowest BCUT2D eigenvalue weighted by Crippen LogP contribution is -2.42. The van der Waals surface area contributed by atoms with E-state index in [9.17, 15) is 8.42 Å². The van der Waals surface area contributed by atoms with E-state index in [0.717, 1.165) is 25.7 Å². The maximum absolute atomic E-state index is 11.9. The van der Waals surface area contributed by atoms with E-state index >= 15 is 0 Å². The zero-order valence-electron chi connectivity index (χ0n) is 19.2. The highest BCUT2D eigenvalue weighted by Gasteiger charge is 2.30. The first-order valence-electron chi connectivity index (χ1n) is 11.8. The predicted molar refractivity (Wildman–Crippen MR) is 130 cm³/mol. The normalized spacial score (nSPS) is 18.8. The van der Waals surface area contributed by atoms with Gasteiger partial charge >= 0.3 is 0 Å². The van der Waals surface area contributed by atoms with Gasteiger partial charge in [-0.2, -0.15) is 0 Å². The van der Waals surface area contributed by atoms with Crippen LogP contribution in [0.25, 0.3) is 0 Å². The average Bonchev–Trinajstić information content (AvgIpc) is 2.73. The summed E-state index contributed by atoms with van der Waals surface area (Å²) in [5.74, 6) is 0.661. The van der Waals surface area contributed by atoms with Crippen molar-refractivity contribution in [2.75, 3.05) is 12.3 Å². The second kappa shape index (κ2) is 11.3. The summed E-state index contributed by atoms with van der Waals surface area (Å²) in [6, 6.07) is 18.6. The summed E-state index contributed by atoms with van der Waals surface area (Å²) < 4.78 is 26.4. The van der Waals surface area contributed by atoms with Crippen LogP contribution in [0.15, 0.2) is 48.5 Å². The summed E-state index contributed by atoms with van der Waals surface area (Å²) in [5, 5.41) is 3.82. The summed E-state index contributed by atoms with van der Waals surface area (Å²) in [6.07, 6.45) is 5.68. The van der Waals surface area contributed by atoms with Crippen LogP contribution in [0.1, 0.15) is 68.2 Å². The van der Waals surface area contributed by atoms with Gasteiger partial charge in [0.25, 0.3) is 0 Å². The van der Waals surface area contributed by atoms with Crippen LogP contribution in [0, 0.1) is 0 Å². The van der Waals surface area contributed by atoms with Gasteiger partial charge in [0.2, 0.25) is 10.0 Å². The van der Waals surface area contributed by atoms with Gasteiger partial charge in [0.15, 0.2) is 0 Å². The second-order valence-corrected chi connectivity index (χ2v) is 11.0. The first-order valence-corrected chi connectivity index (χ1v) is 13.4. The molecule has 1 aliphatic carbocycles. The molecule has 0 saturated carbocycles. The maximum Gasteiger partial charge on any atom is 0.211 e. The Bertz CT molecular complexity index is 926. The number of benzene rings is 2. The van der Waals surface area contributed by atoms with Gasteiger partial charge in [0, 0.05) is 24.5 Å². The summed E-state index contributed by atoms with van der Waals surface area (Å²) in [5.41, 5.74) is 5.62. The molecule has 0 saturated heterocycles. The van der Waals surface area contributed by atoms with Crippen LogP contribution in [0.4, 0.5) is 0 Å². The van der Waals surface area contributed by atoms with E-state index in [1.165, 1.54) is 28.7 Å². The van der Waals surface area contributed by atoms with Gasteiger partial charge in [-0.15, -0.1) is 0 Å². The molecule has 0 heterocycles. The summed E-state index contributed by atoms with van der Waals surface area (Å²) in [6.45, 7) is 6.85. The van der Waals surface area contributed by atoms with E-state index in [-0.39, 0.29) is 5.75 Å². The van der Waals surface area contributed by atoms with Crippen molar-refractivity contribution in [3.05, 3.63) is 70.8 Å². The van der Waals surface area contributed by atoms with Gasteiger partial charge in [-0.1, -0.05) is 69.3 Å². The van der Waals surface area contributed by atoms with Crippen molar-refractivity contribution in [3.63, 3.8) is 0 Å². The molecule has 3 rings (SSSR count). The molecule has 0 fully saturated rings. The fourth-order valence-corrected chi connectivity index (χ4v) is 5.85. The highest BCUT2D eigenvalue weighted by Crippen LogP contribution is 2.35. The van der Waals surface area contributed by atoms with Crippen molar-refractivity contribution in [2.45, 2.75) is 77.3 Å². The average molecular weight is 443 g/mol. The molecule has 0 bridgehead atoms. The van der Waals surface area contributed by atoms with Crippen molar-refractivity contribution < 1.29 is 8.42 Å². The molecule has 2 aromatic carbocycles. The lowest BCUT2D eigenvalue weighted by molar-refractivity contribution is 0.359. The fraction of sp³-hybridized carbons (Fsp3) is 0.538. The Morgan fingerprint density at radius 3 is 2.55 bits per heavy atom. The SMILES string of the molecule is CCCS(=O)(=O)NCCCc1ccc2c(c1)C(Cc1ccccc1)C(NC(C)C)CC2. The predicted octanol–water partition coefficient (Wildman–Crippen LogP) is 4.59. The van der Waals surface area contributed by atoms with Gasteiger partial charge in [-0.3, -0.25) is 0 Å². The number of fused-ring (bicyclic) bond motifs is 1. The zero-order chi connectivity index (χ0) is 22.3. The molecule has 31 heavy (non-hydrogen) atoms. The molecule has 0 aliphatic heterocycles. The van der Waals surface area contributed by atoms with E-state index in [1.54, 1.807) is 0 Å². The minimum absolute atomic E-state index is 0.206. The zero-order valence-corrected chi connectivity index (χ0v) is 20.0. The van der Waals surface area contributed by atoms with Crippen LogP contribution < -0.4 is 10.0 Å². The first kappa shape index (κ1) is 24.0. The Labute approximate surface area is 188 Å². The Hall–Kier alpha value is -1.69. The molecule has 2 atom stereocenters. The van der Waals surface area contributed by atoms with Crippen LogP contribution in [-0.4, -0.2) is 32.8 Å². The minimum atomic E-state index is -3.12. The topological polar surface area (TPSA) is 58.2 Å². The molecule has 2 aromatic rings. The molecule has 5 heteroatoms. The van der Waals surface area contributed by atoms with Crippen LogP contribution in [-0.2, 0) is 29.3 Å². The van der Waals surface area contributed by atoms with Gasteiger partial charge in [0.05, 0.1) is 5.75 Å². The molecule has 2 unspecified atom stereocenters. The van der Waals surface area contributed by atoms with Crippen molar-refractivity contribution >= 4 is 10.0 Å². The molecular weight excluding hydrogens is 404 g/mol. The Balaban J connectivity index is 1.73. The third-order valence-electron chi connectivity index (χ3n) is 6.10. The van der Waals surface area contributed by atoms with Crippen molar-refractivity contribution in [1.82, 2.24) is 10.0 Å². The summed E-state index contributed by atoms with van der Waals surface area (Å²) in [7, 11) is -3.12. The Kier molecular flexibility index (Phi) is 8.70. The lowest BCUT2D eigenvalue weighted by Gasteiger charge is -2.36. The number of rotatable bonds is 11. The van der Waals surface area contributed by atoms with Gasteiger partial charge in [-0.25, -0.2) is 13.1 Å². The molecule has 0 aromatic heterocycles. The number of aryl methyl sites for hydroxylation is 2. The Morgan fingerprint density at radius 2 is 1.84 bits per heavy atom. The number of nitrogens with one attached hydrogen (secondary N) is 2. The van der Waals surface area contributed by atoms with Crippen LogP contribution in [0.3, 0.4) is 0 Å². The maximum atomic E-state index is 11.9. The van der Waals surface area contributed by atoms with E-state index in [2.05, 4.69) is 72.4 Å². The third-order valence-corrected chi connectivity index (χ3v) is 7.69. The van der Waals surface area contributed by atoms with E-state index in [1.807, 2.05) is 6.92 Å². The molecule has 0 radical (unpaired) electrons. The van der Waals surface area contributed by atoms with E-state index < -0.39 is 10.0 Å². The molecule has 4 nitrogen and oxygen atoms in total. The molecule has 170 valence electrons. The van der Waals surface area contributed by atoms with Gasteiger partial charge < -0.3 is 5.32 Å². The lowest BCUT2D eigenvalue weighted by atomic mass is 9.75. The van der Waals surface area contributed by atoms with E-state index in [4.69, 9.17) is 0 Å². The van der Waals surface area contributed by atoms with Crippen molar-refractivity contribution in [1.29, 1.82) is 0 Å². The van der Waals surface area contributed by atoms with Crippen LogP contribution >= 0.6 is 0 Å². The summed E-state index contributed by atoms with van der Waals surface area (Å²) in [4.78, 5) is 0. The van der Waals surface area contributed by atoms with Crippen LogP contribution in [0.2, 0.25) is 0 Å². The molecular formula is C26H38N2O2S. The smallest absolute Gasteiger partial charge is 0.211 e. The Morgan fingerprint density at radius 1 is 1.06 bits per heavy atom. The minimum Gasteiger partial charge on any atom is -0.311 e. The van der Waals surface area contributed by atoms with Crippen molar-refractivity contribution in [2.24, 2.45) is 0 Å². The van der Waals surface area contributed by atoms with Crippen molar-refractivity contribution in [3.8, 4) is 0 Å². The first-order chi connectivity index (χ1) is 14.9. The molecule has 2 N–H and O–H groups in total. The van der Waals surface area contributed by atoms with Gasteiger partial charge in [-0.05, 0) is 60.8 Å². The molecule has 0 spiro atoms. The molecule has 1 aliphatic rings. The standard InChI is InChI=1S/C26H38N2O2S/c1-4-17-31(29,30)27-16-8-11-22-12-13-23-14-15-26(28-20(2)3)25(24(23)18-22)19-21-9-6-5-7-10-21/h5-7,9-10,12-13,18,20,25-28H,4,8,11,14-17,19H2,1-3H3. The molecule has 0 amide bonds. The third kappa shape index (κ3) is 7.16. The monoisotopic (exact) mass is 442 g/mol. The van der Waals surface area contributed by atoms with Crippen LogP contribution in [0.5, 0.6) is 0 Å². The van der Waals surface area contributed by atoms with Gasteiger partial charge in [0.1, 0.15) is 0 Å². The largest absolute Gasteiger partial charge is 0.311 e. The highest BCUT2D eigenvalue weighted by molar-refractivity contribution is 7.89. The summed E-state index contributed by atoms with van der Waals surface area (Å²) >= 11 is 0. The highest BCUT2D eigenvalue weighted by atomic mass is 32.2. The fourth-order valence-electron chi connectivity index (χ4n) is 4.71. The number of hydrogen-bond donors (Lipinski definition) is 2. The number of hydrogen-bond acceptors (Lipinski definition) is 3. The second-order valence-electron chi connectivity index (χ2n) is 9.11. The number of sulfonamides is 1.